The number of nitrogens with zero attached hydrogens (tertiary/aromatic N) is 3. The van der Waals surface area contributed by atoms with Gasteiger partial charge in [-0.25, -0.2) is 9.59 Å². The van der Waals surface area contributed by atoms with Gasteiger partial charge < -0.3 is 23.1 Å². The minimum atomic E-state index is -3.05. The van der Waals surface area contributed by atoms with Crippen molar-refractivity contribution in [2.75, 3.05) is 19.8 Å². The van der Waals surface area contributed by atoms with Crippen LogP contribution in [0.5, 0.6) is 5.75 Å². The van der Waals surface area contributed by atoms with Crippen LogP contribution >= 0.6 is 0 Å². The number of pyridine rings is 1. The Morgan fingerprint density at radius 1 is 0.688 bits per heavy atom. The van der Waals surface area contributed by atoms with Gasteiger partial charge in [-0.15, -0.1) is 0 Å². The second-order valence-electron chi connectivity index (χ2n) is 21.2. The summed E-state index contributed by atoms with van der Waals surface area (Å²) in [5.41, 5.74) is 10.6. The predicted molar refractivity (Wildman–Crippen MR) is 306 cm³/mol. The molecule has 11 nitrogen and oxygen atoms in total. The number of hydrogen-bond acceptors (Lipinski definition) is 9. The van der Waals surface area contributed by atoms with Gasteiger partial charge in [0.25, 0.3) is 11.1 Å². The summed E-state index contributed by atoms with van der Waals surface area (Å²) < 4.78 is 56.4. The van der Waals surface area contributed by atoms with E-state index in [0.717, 1.165) is 26.2 Å². The fraction of sp³-hybridized carbons (Fsp3) is 0.349. The number of halogens is 2. The molecular weight excluding hydrogens is 976 g/mol. The first-order valence-corrected chi connectivity index (χ1v) is 26.7. The molecule has 14 heteroatoms. The van der Waals surface area contributed by atoms with Gasteiger partial charge in [-0.05, 0) is 183 Å². The number of rotatable bonds is 16. The van der Waals surface area contributed by atoms with Crippen LogP contribution in [0.3, 0.4) is 0 Å². The highest BCUT2D eigenvalue weighted by Crippen LogP contribution is 2.45. The molecule has 0 fully saturated rings. The Balaban J connectivity index is 1.06. The zero-order valence-corrected chi connectivity index (χ0v) is 46.6. The maximum Gasteiger partial charge on any atom is 0.677 e. The summed E-state index contributed by atoms with van der Waals surface area (Å²) in [6, 6.07) is 22.0. The van der Waals surface area contributed by atoms with Crippen LogP contribution in [0.25, 0.3) is 60.2 Å². The van der Waals surface area contributed by atoms with Crippen molar-refractivity contribution in [2.24, 2.45) is 4.99 Å². The predicted octanol–water partition coefficient (Wildman–Crippen LogP) is 14.5. The molecule has 0 aliphatic carbocycles. The molecule has 0 saturated carbocycles. The highest BCUT2D eigenvalue weighted by atomic mass is 19.2. The van der Waals surface area contributed by atoms with Crippen LogP contribution in [0, 0.1) is 27.7 Å². The number of carbonyl (C=O) groups excluding carboxylic acids is 2. The van der Waals surface area contributed by atoms with Gasteiger partial charge in [0, 0.05) is 50.4 Å². The summed E-state index contributed by atoms with van der Waals surface area (Å²) in [5, 5.41) is 3.95. The van der Waals surface area contributed by atoms with Crippen molar-refractivity contribution >= 4 is 74.1 Å². The summed E-state index contributed by atoms with van der Waals surface area (Å²) in [5.74, 6) is 0.124. The molecule has 0 unspecified atom stereocenters. The molecule has 398 valence electrons. The summed E-state index contributed by atoms with van der Waals surface area (Å²) in [7, 11) is -3.05. The standard InChI is InChI=1S/C63H66BF2N3O8/c1-15-74-62(72)52-36(11)58(67-38(52)13)57(59-37(12)53(63(73)75-16-2)39(14)69(59)64(65)66)51-34(9)26-42(27-35(51)10)76-25-17-24-68-60(70)44-20-19-43-48-28-40(54-46(32(5)6)29-41(31(3)4)30-47(54)33(7)8)18-22-49(48)77-50-23-21-45(61(68)71)55(44)56(43)50/h18-23,26-33H,15-17,24-25H2,1-14H3/b58-57-. The van der Waals surface area contributed by atoms with E-state index in [0.29, 0.717) is 79.0 Å². The average molecular weight is 1040 g/mol. The van der Waals surface area contributed by atoms with Crippen molar-refractivity contribution in [3.8, 4) is 16.9 Å². The highest BCUT2D eigenvalue weighted by molar-refractivity contribution is 6.42. The van der Waals surface area contributed by atoms with Gasteiger partial charge >= 0.3 is 19.3 Å². The Hall–Kier alpha value is -7.61. The number of aromatic nitrogens is 2. The van der Waals surface area contributed by atoms with E-state index in [1.54, 1.807) is 52.8 Å². The molecule has 0 saturated heterocycles. The summed E-state index contributed by atoms with van der Waals surface area (Å²) >= 11 is 0. The molecule has 9 rings (SSSR count). The van der Waals surface area contributed by atoms with Crippen LogP contribution < -0.4 is 15.9 Å². The Morgan fingerprint density at radius 2 is 1.27 bits per heavy atom. The van der Waals surface area contributed by atoms with Crippen molar-refractivity contribution in [2.45, 2.75) is 128 Å². The Kier molecular flexibility index (Phi) is 14.8. The first-order valence-electron chi connectivity index (χ1n) is 26.7. The Labute approximate surface area is 447 Å². The normalized spacial score (nSPS) is 13.7. The Morgan fingerprint density at radius 3 is 1.86 bits per heavy atom. The molecular formula is C63H66BF2N3O8. The van der Waals surface area contributed by atoms with E-state index < -0.39 is 30.5 Å². The Bertz CT molecular complexity index is 3880. The number of ether oxygens (including phenoxy) is 3. The molecule has 0 bridgehead atoms. The van der Waals surface area contributed by atoms with Gasteiger partial charge in [0.15, 0.2) is 0 Å². The van der Waals surface area contributed by atoms with Gasteiger partial charge in [-0.1, -0.05) is 65.8 Å². The zero-order chi connectivity index (χ0) is 55.6. The topological polar surface area (TPSA) is 131 Å². The number of esters is 2. The van der Waals surface area contributed by atoms with Crippen LogP contribution in [0.1, 0.15) is 154 Å². The second kappa shape index (κ2) is 21.1. The maximum absolute atomic E-state index is 15.4. The third-order valence-corrected chi connectivity index (χ3v) is 15.2. The quantitative estimate of drug-likeness (QED) is 0.0307. The lowest BCUT2D eigenvalue weighted by Crippen LogP contribution is -2.33. The molecule has 0 radical (unpaired) electrons. The third-order valence-electron chi connectivity index (χ3n) is 15.2. The molecule has 5 aromatic carbocycles. The average Bonchev–Trinajstić information content (AvgIpc) is 3.97. The lowest BCUT2D eigenvalue weighted by atomic mass is 9.81. The highest BCUT2D eigenvalue weighted by Gasteiger charge is 2.37. The van der Waals surface area contributed by atoms with Crippen LogP contribution in [-0.2, 0) is 20.8 Å². The molecule has 77 heavy (non-hydrogen) atoms. The second-order valence-corrected chi connectivity index (χ2v) is 21.2. The summed E-state index contributed by atoms with van der Waals surface area (Å²) in [4.78, 5) is 60.3. The van der Waals surface area contributed by atoms with Crippen LogP contribution in [-0.4, -0.2) is 53.9 Å². The first-order chi connectivity index (χ1) is 36.6. The van der Waals surface area contributed by atoms with Crippen LogP contribution in [0.2, 0.25) is 0 Å². The van der Waals surface area contributed by atoms with E-state index in [2.05, 4.69) is 65.8 Å². The first kappa shape index (κ1) is 54.2. The molecule has 8 aromatic rings. The summed E-state index contributed by atoms with van der Waals surface area (Å²) in [6.45, 7) is 27.3. The molecule has 4 heterocycles. The third kappa shape index (κ3) is 9.26. The summed E-state index contributed by atoms with van der Waals surface area (Å²) in [6.07, 6.45) is 0.307. The van der Waals surface area contributed by atoms with E-state index in [1.807, 2.05) is 38.1 Å². The minimum absolute atomic E-state index is 0.0221. The van der Waals surface area contributed by atoms with Gasteiger partial charge in [-0.3, -0.25) is 27.8 Å². The fourth-order valence-electron chi connectivity index (χ4n) is 11.6. The van der Waals surface area contributed by atoms with E-state index in [-0.39, 0.29) is 72.0 Å². The van der Waals surface area contributed by atoms with Crippen molar-refractivity contribution in [1.29, 1.82) is 0 Å². The van der Waals surface area contributed by atoms with E-state index >= 15 is 8.63 Å². The fourth-order valence-corrected chi connectivity index (χ4v) is 11.6. The van der Waals surface area contributed by atoms with Crippen molar-refractivity contribution in [3.63, 3.8) is 0 Å². The van der Waals surface area contributed by atoms with Crippen LogP contribution in [0.4, 0.5) is 8.63 Å². The molecule has 3 aromatic heterocycles. The van der Waals surface area contributed by atoms with Crippen molar-refractivity contribution in [3.05, 3.63) is 160 Å². The van der Waals surface area contributed by atoms with Gasteiger partial charge in [-0.2, -0.15) is 0 Å². The largest absolute Gasteiger partial charge is 0.677 e. The number of hydrogen-bond donors (Lipinski definition) is 0. The van der Waals surface area contributed by atoms with Gasteiger partial charge in [0.1, 0.15) is 16.9 Å². The number of benzene rings is 5. The van der Waals surface area contributed by atoms with Gasteiger partial charge in [0.05, 0.1) is 42.4 Å². The minimum Gasteiger partial charge on any atom is -0.494 e. The zero-order valence-electron chi connectivity index (χ0n) is 46.6. The lowest BCUT2D eigenvalue weighted by molar-refractivity contribution is -0.137. The van der Waals surface area contributed by atoms with Crippen molar-refractivity contribution in [1.82, 2.24) is 9.05 Å². The molecule has 0 N–H and O–H groups in total. The SMILES string of the molecule is CCOC(=O)C1=C(C)/C(=C(\c2c(C)cc(OCCCn3c(=O)c4ccc5oc6ccc(-c7c(C(C)C)cc(C(C)C)cc7C(C)C)cc6c6ccc(c3=O)c4c56)cc2C)c2c(C)c(C(=O)OCC)c(C)n2B(F)F)N=C1C. The number of allylic oxidation sites excluding steroid dienone is 1. The monoisotopic (exact) mass is 1040 g/mol. The van der Waals surface area contributed by atoms with Crippen molar-refractivity contribution < 1.29 is 36.8 Å². The lowest BCUT2D eigenvalue weighted by Gasteiger charge is -2.23. The van der Waals surface area contributed by atoms with E-state index in [1.165, 1.54) is 33.7 Å². The van der Waals surface area contributed by atoms with Crippen LogP contribution in [0.15, 0.2) is 103 Å². The molecule has 1 aliphatic heterocycles. The molecule has 0 spiro atoms. The molecule has 1 aliphatic rings. The number of aliphatic imine (C=N–C) groups is 1. The number of carbonyl (C=O) groups is 2. The smallest absolute Gasteiger partial charge is 0.494 e. The maximum atomic E-state index is 15.4. The van der Waals surface area contributed by atoms with E-state index in [9.17, 15) is 19.2 Å². The van der Waals surface area contributed by atoms with Gasteiger partial charge in [0.2, 0.25) is 0 Å². The number of aryl methyl sites for hydroxylation is 2. The molecule has 0 amide bonds. The van der Waals surface area contributed by atoms with E-state index in [4.69, 9.17) is 23.6 Å². The molecule has 0 atom stereocenters. The number of fused-ring (bicyclic) bond motifs is 2.